The number of nitrogens with zero attached hydrogens (tertiary/aromatic N) is 3. The number of methoxy groups -OCH3 is 2. The molecule has 7 nitrogen and oxygen atoms in total. The zero-order chi connectivity index (χ0) is 16.9. The van der Waals surface area contributed by atoms with Gasteiger partial charge in [0.25, 0.3) is 5.71 Å². The van der Waals surface area contributed by atoms with Crippen LogP contribution in [0.1, 0.15) is 17.9 Å². The van der Waals surface area contributed by atoms with Gasteiger partial charge in [-0.2, -0.15) is 4.98 Å². The van der Waals surface area contributed by atoms with Crippen LogP contribution >= 0.6 is 0 Å². The first-order valence-electron chi connectivity index (χ1n) is 7.74. The van der Waals surface area contributed by atoms with Gasteiger partial charge in [-0.05, 0) is 30.5 Å². The van der Waals surface area contributed by atoms with E-state index in [2.05, 4.69) is 20.3 Å². The van der Waals surface area contributed by atoms with E-state index in [1.807, 2.05) is 18.2 Å². The fourth-order valence-corrected chi connectivity index (χ4v) is 2.52. The Labute approximate surface area is 140 Å². The average Bonchev–Trinajstić information content (AvgIpc) is 2.99. The van der Waals surface area contributed by atoms with E-state index in [0.717, 1.165) is 30.9 Å². The molecule has 3 aromatic rings. The number of aryl methyl sites for hydroxylation is 2. The normalized spacial score (nSPS) is 10.8. The minimum Gasteiger partial charge on any atom is -0.493 e. The molecule has 0 aliphatic heterocycles. The Hall–Kier alpha value is -2.83. The molecule has 0 spiro atoms. The van der Waals surface area contributed by atoms with E-state index in [1.54, 1.807) is 21.1 Å². The van der Waals surface area contributed by atoms with Crippen molar-refractivity contribution in [1.82, 2.24) is 15.0 Å². The third-order valence-corrected chi connectivity index (χ3v) is 3.68. The van der Waals surface area contributed by atoms with Gasteiger partial charge in [0.15, 0.2) is 28.7 Å². The van der Waals surface area contributed by atoms with Crippen LogP contribution in [0.2, 0.25) is 0 Å². The van der Waals surface area contributed by atoms with Crippen molar-refractivity contribution in [2.24, 2.45) is 0 Å². The molecular weight excluding hydrogens is 308 g/mol. The number of ether oxygens (including phenoxy) is 2. The molecule has 0 fully saturated rings. The van der Waals surface area contributed by atoms with Crippen molar-refractivity contribution in [2.75, 3.05) is 26.1 Å². The molecule has 3 rings (SSSR count). The largest absolute Gasteiger partial charge is 0.493 e. The van der Waals surface area contributed by atoms with Crippen molar-refractivity contribution in [3.05, 3.63) is 36.0 Å². The number of oxazole rings is 1. The van der Waals surface area contributed by atoms with Crippen molar-refractivity contribution in [3.63, 3.8) is 0 Å². The summed E-state index contributed by atoms with van der Waals surface area (Å²) in [6, 6.07) is 5.97. The molecule has 0 amide bonds. The Morgan fingerprint density at radius 2 is 1.96 bits per heavy atom. The minimum atomic E-state index is 0.505. The maximum Gasteiger partial charge on any atom is 0.252 e. The molecule has 0 radical (unpaired) electrons. The summed E-state index contributed by atoms with van der Waals surface area (Å²) >= 11 is 0. The SMILES string of the molecule is COc1ccc(CCCNc2ncnc3oc(C)nc23)cc1OC. The zero-order valence-corrected chi connectivity index (χ0v) is 14.0. The highest BCUT2D eigenvalue weighted by atomic mass is 16.5. The summed E-state index contributed by atoms with van der Waals surface area (Å²) < 4.78 is 16.0. The molecule has 7 heteroatoms. The molecule has 24 heavy (non-hydrogen) atoms. The molecule has 126 valence electrons. The van der Waals surface area contributed by atoms with Gasteiger partial charge >= 0.3 is 0 Å². The summed E-state index contributed by atoms with van der Waals surface area (Å²) in [4.78, 5) is 12.6. The van der Waals surface area contributed by atoms with E-state index in [4.69, 9.17) is 13.9 Å². The summed E-state index contributed by atoms with van der Waals surface area (Å²) in [7, 11) is 3.28. The molecular formula is C17H20N4O3. The van der Waals surface area contributed by atoms with Crippen molar-refractivity contribution in [3.8, 4) is 11.5 Å². The highest BCUT2D eigenvalue weighted by Crippen LogP contribution is 2.28. The van der Waals surface area contributed by atoms with Crippen LogP contribution in [0.5, 0.6) is 11.5 Å². The minimum absolute atomic E-state index is 0.505. The van der Waals surface area contributed by atoms with Crippen LogP contribution in [-0.4, -0.2) is 35.7 Å². The monoisotopic (exact) mass is 328 g/mol. The molecule has 1 aromatic carbocycles. The van der Waals surface area contributed by atoms with Crippen molar-refractivity contribution in [1.29, 1.82) is 0 Å². The first kappa shape index (κ1) is 16.0. The second kappa shape index (κ2) is 7.16. The molecule has 1 N–H and O–H groups in total. The van der Waals surface area contributed by atoms with Gasteiger partial charge in [0.1, 0.15) is 6.33 Å². The van der Waals surface area contributed by atoms with E-state index in [0.29, 0.717) is 22.9 Å². The van der Waals surface area contributed by atoms with Gasteiger partial charge in [0.2, 0.25) is 0 Å². The maximum atomic E-state index is 5.40. The van der Waals surface area contributed by atoms with Crippen molar-refractivity contribution in [2.45, 2.75) is 19.8 Å². The van der Waals surface area contributed by atoms with Crippen LogP contribution in [0.4, 0.5) is 5.82 Å². The molecule has 0 aliphatic rings. The lowest BCUT2D eigenvalue weighted by Gasteiger charge is -2.10. The molecule has 0 saturated carbocycles. The lowest BCUT2D eigenvalue weighted by atomic mass is 10.1. The van der Waals surface area contributed by atoms with Crippen LogP contribution in [-0.2, 0) is 6.42 Å². The summed E-state index contributed by atoms with van der Waals surface area (Å²) in [6.07, 6.45) is 3.33. The Morgan fingerprint density at radius 1 is 1.12 bits per heavy atom. The van der Waals surface area contributed by atoms with Crippen LogP contribution in [0.25, 0.3) is 11.2 Å². The van der Waals surface area contributed by atoms with Gasteiger partial charge in [-0.15, -0.1) is 0 Å². The lowest BCUT2D eigenvalue weighted by Crippen LogP contribution is -2.05. The Morgan fingerprint density at radius 3 is 2.75 bits per heavy atom. The number of hydrogen-bond acceptors (Lipinski definition) is 7. The van der Waals surface area contributed by atoms with Crippen molar-refractivity contribution < 1.29 is 13.9 Å². The summed E-state index contributed by atoms with van der Waals surface area (Å²) in [5.41, 5.74) is 2.37. The van der Waals surface area contributed by atoms with E-state index >= 15 is 0 Å². The molecule has 0 atom stereocenters. The van der Waals surface area contributed by atoms with E-state index in [9.17, 15) is 0 Å². The van der Waals surface area contributed by atoms with Gasteiger partial charge in [0.05, 0.1) is 14.2 Å². The lowest BCUT2D eigenvalue weighted by molar-refractivity contribution is 0.354. The zero-order valence-electron chi connectivity index (χ0n) is 14.0. The average molecular weight is 328 g/mol. The van der Waals surface area contributed by atoms with Gasteiger partial charge < -0.3 is 19.2 Å². The summed E-state index contributed by atoms with van der Waals surface area (Å²) in [5.74, 6) is 2.77. The third-order valence-electron chi connectivity index (χ3n) is 3.68. The van der Waals surface area contributed by atoms with Crippen LogP contribution in [0.3, 0.4) is 0 Å². The smallest absolute Gasteiger partial charge is 0.252 e. The fraction of sp³-hybridized carbons (Fsp3) is 0.353. The molecule has 0 saturated heterocycles. The van der Waals surface area contributed by atoms with E-state index < -0.39 is 0 Å². The maximum absolute atomic E-state index is 5.40. The molecule has 0 aliphatic carbocycles. The fourth-order valence-electron chi connectivity index (χ4n) is 2.52. The second-order valence-electron chi connectivity index (χ2n) is 5.33. The van der Waals surface area contributed by atoms with Crippen LogP contribution in [0.15, 0.2) is 28.9 Å². The Bertz CT molecular complexity index is 832. The van der Waals surface area contributed by atoms with E-state index in [-0.39, 0.29) is 0 Å². The summed E-state index contributed by atoms with van der Waals surface area (Å²) in [6.45, 7) is 2.56. The highest BCUT2D eigenvalue weighted by molar-refractivity contribution is 5.80. The summed E-state index contributed by atoms with van der Waals surface area (Å²) in [5, 5.41) is 3.29. The van der Waals surface area contributed by atoms with Gasteiger partial charge in [-0.3, -0.25) is 0 Å². The standard InChI is InChI=1S/C17H20N4O3/c1-11-21-15-16(19-10-20-17(15)24-11)18-8-4-5-12-6-7-13(22-2)14(9-12)23-3/h6-7,9-10H,4-5,8H2,1-3H3,(H,18,19,20). The topological polar surface area (TPSA) is 82.3 Å². The number of hydrogen-bond donors (Lipinski definition) is 1. The van der Waals surface area contributed by atoms with Gasteiger partial charge in [-0.1, -0.05) is 6.07 Å². The van der Waals surface area contributed by atoms with Crippen LogP contribution < -0.4 is 14.8 Å². The van der Waals surface area contributed by atoms with E-state index in [1.165, 1.54) is 11.9 Å². The number of nitrogens with one attached hydrogen (secondary N) is 1. The van der Waals surface area contributed by atoms with Gasteiger partial charge in [0, 0.05) is 13.5 Å². The number of fused-ring (bicyclic) bond motifs is 1. The first-order chi connectivity index (χ1) is 11.7. The molecule has 2 aromatic heterocycles. The number of benzene rings is 1. The molecule has 0 bridgehead atoms. The van der Waals surface area contributed by atoms with Crippen molar-refractivity contribution >= 4 is 17.0 Å². The third kappa shape index (κ3) is 3.40. The highest BCUT2D eigenvalue weighted by Gasteiger charge is 2.09. The molecule has 0 unspecified atom stereocenters. The predicted molar refractivity (Wildman–Crippen MR) is 90.7 cm³/mol. The molecule has 2 heterocycles. The number of aromatic nitrogens is 3. The quantitative estimate of drug-likeness (QED) is 0.668. The van der Waals surface area contributed by atoms with Gasteiger partial charge in [-0.25, -0.2) is 9.97 Å². The Balaban J connectivity index is 1.59. The predicted octanol–water partition coefficient (Wildman–Crippen LogP) is 2.99. The second-order valence-corrected chi connectivity index (χ2v) is 5.33. The number of anilines is 1. The van der Waals surface area contributed by atoms with Crippen LogP contribution in [0, 0.1) is 6.92 Å². The first-order valence-corrected chi connectivity index (χ1v) is 7.74. The Kier molecular flexibility index (Phi) is 4.79. The number of rotatable bonds is 7.